The maximum Gasteiger partial charge on any atom is 0.0757 e. The van der Waals surface area contributed by atoms with E-state index < -0.39 is 0 Å². The Bertz CT molecular complexity index is 137. The molecule has 0 saturated carbocycles. The van der Waals surface area contributed by atoms with Crippen LogP contribution >= 0.6 is 22.6 Å². The molecule has 1 aliphatic heterocycles. The van der Waals surface area contributed by atoms with Crippen molar-refractivity contribution in [2.45, 2.75) is 0 Å². The Kier molecular flexibility index (Phi) is 1.94. The SMILES string of the molecule is CN1CC=CC=C1I. The molecule has 0 bridgehead atoms. The summed E-state index contributed by atoms with van der Waals surface area (Å²) in [6, 6.07) is 0. The molecule has 0 unspecified atom stereocenters. The van der Waals surface area contributed by atoms with Gasteiger partial charge in [-0.25, -0.2) is 0 Å². The summed E-state index contributed by atoms with van der Waals surface area (Å²) in [5, 5.41) is 0. The molecule has 0 aromatic heterocycles. The van der Waals surface area contributed by atoms with Crippen LogP contribution in [0.4, 0.5) is 0 Å². The minimum Gasteiger partial charge on any atom is -0.366 e. The fourth-order valence-electron chi connectivity index (χ4n) is 0.581. The van der Waals surface area contributed by atoms with Gasteiger partial charge < -0.3 is 4.90 Å². The summed E-state index contributed by atoms with van der Waals surface area (Å²) in [6.45, 7) is 1.05. The zero-order valence-electron chi connectivity index (χ0n) is 4.76. The number of hydrogen-bond donors (Lipinski definition) is 0. The molecule has 0 spiro atoms. The number of hydrogen-bond acceptors (Lipinski definition) is 1. The van der Waals surface area contributed by atoms with Crippen molar-refractivity contribution in [2.24, 2.45) is 0 Å². The van der Waals surface area contributed by atoms with Crippen LogP contribution in [0.1, 0.15) is 0 Å². The normalized spacial score (nSPS) is 18.8. The maximum atomic E-state index is 2.32. The van der Waals surface area contributed by atoms with Crippen molar-refractivity contribution in [1.82, 2.24) is 4.90 Å². The minimum atomic E-state index is 1.05. The van der Waals surface area contributed by atoms with Crippen LogP contribution in [0.5, 0.6) is 0 Å². The first-order valence-corrected chi connectivity index (χ1v) is 3.62. The van der Waals surface area contributed by atoms with Gasteiger partial charge >= 0.3 is 0 Å². The van der Waals surface area contributed by atoms with Crippen molar-refractivity contribution < 1.29 is 0 Å². The summed E-state index contributed by atoms with van der Waals surface area (Å²) >= 11 is 2.32. The van der Waals surface area contributed by atoms with Gasteiger partial charge in [-0.15, -0.1) is 0 Å². The van der Waals surface area contributed by atoms with E-state index in [2.05, 4.69) is 52.8 Å². The molecule has 0 atom stereocenters. The van der Waals surface area contributed by atoms with Crippen LogP contribution in [0, 0.1) is 0 Å². The Hall–Kier alpha value is 0.01000. The first-order chi connectivity index (χ1) is 3.80. The minimum absolute atomic E-state index is 1.05. The molecular formula is C6H8IN. The van der Waals surface area contributed by atoms with E-state index in [9.17, 15) is 0 Å². The first kappa shape index (κ1) is 6.13. The van der Waals surface area contributed by atoms with E-state index in [0.717, 1.165) is 6.54 Å². The number of halogens is 1. The number of nitrogens with zero attached hydrogens (tertiary/aromatic N) is 1. The standard InChI is InChI=1S/C6H8IN/c1-8-5-3-2-4-6(8)7/h2-4H,5H2,1H3. The van der Waals surface area contributed by atoms with Gasteiger partial charge in [0.05, 0.1) is 3.70 Å². The Balaban J connectivity index is 2.66. The van der Waals surface area contributed by atoms with Gasteiger partial charge in [-0.2, -0.15) is 0 Å². The largest absolute Gasteiger partial charge is 0.366 e. The summed E-state index contributed by atoms with van der Waals surface area (Å²) in [6.07, 6.45) is 6.33. The van der Waals surface area contributed by atoms with E-state index in [1.807, 2.05) is 0 Å². The van der Waals surface area contributed by atoms with E-state index in [4.69, 9.17) is 0 Å². The Morgan fingerprint density at radius 2 is 2.50 bits per heavy atom. The van der Waals surface area contributed by atoms with Crippen molar-refractivity contribution in [3.63, 3.8) is 0 Å². The molecule has 0 fully saturated rings. The van der Waals surface area contributed by atoms with Gasteiger partial charge in [0.15, 0.2) is 0 Å². The predicted molar refractivity (Wildman–Crippen MR) is 43.9 cm³/mol. The lowest BCUT2D eigenvalue weighted by Gasteiger charge is -2.17. The molecule has 8 heavy (non-hydrogen) atoms. The highest BCUT2D eigenvalue weighted by molar-refractivity contribution is 14.1. The molecule has 0 aliphatic carbocycles. The Morgan fingerprint density at radius 3 is 2.88 bits per heavy atom. The molecule has 0 aromatic carbocycles. The van der Waals surface area contributed by atoms with Crippen LogP contribution in [0.25, 0.3) is 0 Å². The van der Waals surface area contributed by atoms with Crippen LogP contribution in [-0.4, -0.2) is 18.5 Å². The number of likely N-dealkylation sites (N-methyl/N-ethyl adjacent to an activating group) is 1. The Morgan fingerprint density at radius 1 is 1.75 bits per heavy atom. The molecule has 2 heteroatoms. The highest BCUT2D eigenvalue weighted by Gasteiger charge is 1.98. The van der Waals surface area contributed by atoms with Crippen LogP contribution in [0.3, 0.4) is 0 Å². The summed E-state index contributed by atoms with van der Waals surface area (Å²) in [5.41, 5.74) is 0. The molecule has 1 rings (SSSR count). The monoisotopic (exact) mass is 221 g/mol. The number of allylic oxidation sites excluding steroid dienone is 2. The molecule has 44 valence electrons. The fraction of sp³-hybridized carbons (Fsp3) is 0.333. The van der Waals surface area contributed by atoms with Crippen molar-refractivity contribution in [2.75, 3.05) is 13.6 Å². The molecule has 1 heterocycles. The van der Waals surface area contributed by atoms with Crippen molar-refractivity contribution in [3.8, 4) is 0 Å². The third kappa shape index (κ3) is 1.24. The topological polar surface area (TPSA) is 3.24 Å². The van der Waals surface area contributed by atoms with Crippen molar-refractivity contribution in [3.05, 3.63) is 21.9 Å². The second kappa shape index (κ2) is 2.53. The number of rotatable bonds is 0. The second-order valence-electron chi connectivity index (χ2n) is 1.80. The van der Waals surface area contributed by atoms with Crippen LogP contribution in [0.2, 0.25) is 0 Å². The summed E-state index contributed by atoms with van der Waals surface area (Å²) in [5.74, 6) is 0. The van der Waals surface area contributed by atoms with Crippen LogP contribution in [0.15, 0.2) is 21.9 Å². The highest BCUT2D eigenvalue weighted by Crippen LogP contribution is 2.13. The molecule has 0 radical (unpaired) electrons. The highest BCUT2D eigenvalue weighted by atomic mass is 127. The molecule has 0 amide bonds. The Labute approximate surface area is 63.2 Å². The zero-order chi connectivity index (χ0) is 5.98. The van der Waals surface area contributed by atoms with E-state index in [1.54, 1.807) is 0 Å². The van der Waals surface area contributed by atoms with Crippen molar-refractivity contribution in [1.29, 1.82) is 0 Å². The van der Waals surface area contributed by atoms with Gasteiger partial charge in [-0.3, -0.25) is 0 Å². The van der Waals surface area contributed by atoms with Gasteiger partial charge in [0.25, 0.3) is 0 Å². The average molecular weight is 221 g/mol. The summed E-state index contributed by atoms with van der Waals surface area (Å²) < 4.78 is 1.31. The maximum absolute atomic E-state index is 2.32. The smallest absolute Gasteiger partial charge is 0.0757 e. The van der Waals surface area contributed by atoms with Gasteiger partial charge in [-0.1, -0.05) is 12.2 Å². The molecule has 0 N–H and O–H groups in total. The third-order valence-corrected chi connectivity index (χ3v) is 2.30. The van der Waals surface area contributed by atoms with Crippen LogP contribution < -0.4 is 0 Å². The molecule has 0 saturated heterocycles. The fourth-order valence-corrected chi connectivity index (χ4v) is 0.985. The molecule has 0 aromatic rings. The lowest BCUT2D eigenvalue weighted by Crippen LogP contribution is -2.15. The zero-order valence-corrected chi connectivity index (χ0v) is 6.92. The summed E-state index contributed by atoms with van der Waals surface area (Å²) in [4.78, 5) is 2.19. The average Bonchev–Trinajstić information content (AvgIpc) is 1.77. The van der Waals surface area contributed by atoms with E-state index in [0.29, 0.717) is 0 Å². The lowest BCUT2D eigenvalue weighted by molar-refractivity contribution is 0.499. The van der Waals surface area contributed by atoms with Gasteiger partial charge in [0, 0.05) is 13.6 Å². The van der Waals surface area contributed by atoms with Crippen LogP contribution in [-0.2, 0) is 0 Å². The quantitative estimate of drug-likeness (QED) is 0.445. The predicted octanol–water partition coefficient (Wildman–Crippen LogP) is 1.76. The van der Waals surface area contributed by atoms with E-state index in [-0.39, 0.29) is 0 Å². The second-order valence-corrected chi connectivity index (χ2v) is 2.90. The van der Waals surface area contributed by atoms with E-state index >= 15 is 0 Å². The molecular weight excluding hydrogens is 213 g/mol. The first-order valence-electron chi connectivity index (χ1n) is 2.54. The van der Waals surface area contributed by atoms with Crippen molar-refractivity contribution >= 4 is 22.6 Å². The summed E-state index contributed by atoms with van der Waals surface area (Å²) in [7, 11) is 2.09. The van der Waals surface area contributed by atoms with Gasteiger partial charge in [0.1, 0.15) is 0 Å². The molecule has 1 nitrogen and oxygen atoms in total. The third-order valence-electron chi connectivity index (χ3n) is 1.11. The van der Waals surface area contributed by atoms with Gasteiger partial charge in [0.2, 0.25) is 0 Å². The van der Waals surface area contributed by atoms with Gasteiger partial charge in [-0.05, 0) is 28.7 Å². The molecule has 1 aliphatic rings. The van der Waals surface area contributed by atoms with E-state index in [1.165, 1.54) is 3.70 Å². The lowest BCUT2D eigenvalue weighted by atomic mass is 10.4.